The van der Waals surface area contributed by atoms with Crippen LogP contribution in [0.1, 0.15) is 31.9 Å². The SMILES string of the molecule is COC1OC(COC2OC(CO)C(O)C(OCc3ccccc3)C2OCc2ccccc2)C(OC(C)=O)C(OC(C)=O)C1OC(C)=O. The van der Waals surface area contributed by atoms with Crippen LogP contribution in [0.2, 0.25) is 0 Å². The zero-order valence-electron chi connectivity index (χ0n) is 26.7. The molecule has 2 saturated heterocycles. The van der Waals surface area contributed by atoms with Gasteiger partial charge in [-0.1, -0.05) is 60.7 Å². The molecule has 0 spiro atoms. The Bertz CT molecular complexity index is 1280. The highest BCUT2D eigenvalue weighted by molar-refractivity contribution is 5.68. The van der Waals surface area contributed by atoms with E-state index in [0.29, 0.717) is 0 Å². The quantitative estimate of drug-likeness (QED) is 0.219. The van der Waals surface area contributed by atoms with Gasteiger partial charge in [-0.2, -0.15) is 0 Å². The Hall–Kier alpha value is -3.47. The first-order chi connectivity index (χ1) is 22.6. The number of carbonyl (C=O) groups excluding carboxylic acids is 3. The van der Waals surface area contributed by atoms with E-state index in [1.807, 2.05) is 60.7 Å². The molecule has 2 aliphatic rings. The summed E-state index contributed by atoms with van der Waals surface area (Å²) in [5.41, 5.74) is 1.68. The molecule has 47 heavy (non-hydrogen) atoms. The fourth-order valence-electron chi connectivity index (χ4n) is 5.44. The molecule has 0 bridgehead atoms. The van der Waals surface area contributed by atoms with Gasteiger partial charge in [0.1, 0.15) is 30.5 Å². The number of benzene rings is 2. The Balaban J connectivity index is 1.61. The van der Waals surface area contributed by atoms with Gasteiger partial charge in [0.05, 0.1) is 26.4 Å². The van der Waals surface area contributed by atoms with Crippen molar-refractivity contribution in [3.05, 3.63) is 71.8 Å². The molecule has 0 aromatic heterocycles. The van der Waals surface area contributed by atoms with Crippen LogP contribution in [0.3, 0.4) is 0 Å². The molecule has 2 heterocycles. The molecule has 10 unspecified atom stereocenters. The molecule has 2 aromatic rings. The summed E-state index contributed by atoms with van der Waals surface area (Å²) in [4.78, 5) is 36.2. The van der Waals surface area contributed by atoms with E-state index in [4.69, 9.17) is 42.6 Å². The van der Waals surface area contributed by atoms with Gasteiger partial charge in [0, 0.05) is 27.9 Å². The van der Waals surface area contributed by atoms with Gasteiger partial charge in [-0.3, -0.25) is 14.4 Å². The van der Waals surface area contributed by atoms with Crippen LogP contribution in [0.4, 0.5) is 0 Å². The van der Waals surface area contributed by atoms with E-state index in [2.05, 4.69) is 0 Å². The van der Waals surface area contributed by atoms with E-state index in [0.717, 1.165) is 31.9 Å². The second-order valence-corrected chi connectivity index (χ2v) is 11.1. The zero-order valence-corrected chi connectivity index (χ0v) is 26.7. The summed E-state index contributed by atoms with van der Waals surface area (Å²) in [5.74, 6) is -2.17. The van der Waals surface area contributed by atoms with Crippen molar-refractivity contribution >= 4 is 17.9 Å². The molecular formula is C33H42O14. The van der Waals surface area contributed by atoms with Crippen molar-refractivity contribution in [2.24, 2.45) is 0 Å². The minimum Gasteiger partial charge on any atom is -0.456 e. The Kier molecular flexibility index (Phi) is 13.6. The minimum absolute atomic E-state index is 0.108. The van der Waals surface area contributed by atoms with Crippen LogP contribution >= 0.6 is 0 Å². The number of hydrogen-bond acceptors (Lipinski definition) is 14. The fraction of sp³-hybridized carbons (Fsp3) is 0.545. The van der Waals surface area contributed by atoms with Crippen molar-refractivity contribution in [1.82, 2.24) is 0 Å². The summed E-state index contributed by atoms with van der Waals surface area (Å²) < 4.78 is 52.4. The molecule has 10 atom stereocenters. The number of ether oxygens (including phenoxy) is 9. The van der Waals surface area contributed by atoms with E-state index in [1.54, 1.807) is 0 Å². The summed E-state index contributed by atoms with van der Waals surface area (Å²) in [7, 11) is 1.30. The maximum atomic E-state index is 12.2. The topological polar surface area (TPSA) is 175 Å². The molecule has 0 amide bonds. The summed E-state index contributed by atoms with van der Waals surface area (Å²) in [6.07, 6.45) is -12.0. The molecule has 0 saturated carbocycles. The van der Waals surface area contributed by atoms with Gasteiger partial charge in [0.15, 0.2) is 30.9 Å². The summed E-state index contributed by atoms with van der Waals surface area (Å²) in [6.45, 7) is 2.79. The second kappa shape index (κ2) is 17.6. The maximum absolute atomic E-state index is 12.2. The third kappa shape index (κ3) is 10.0. The van der Waals surface area contributed by atoms with Crippen molar-refractivity contribution in [3.63, 3.8) is 0 Å². The Morgan fingerprint density at radius 1 is 0.638 bits per heavy atom. The van der Waals surface area contributed by atoms with Crippen LogP contribution in [-0.2, 0) is 70.2 Å². The van der Waals surface area contributed by atoms with Gasteiger partial charge in [0.25, 0.3) is 0 Å². The fourth-order valence-corrected chi connectivity index (χ4v) is 5.44. The molecule has 2 aromatic carbocycles. The molecule has 0 radical (unpaired) electrons. The molecule has 2 N–H and O–H groups in total. The average molecular weight is 663 g/mol. The molecule has 4 rings (SSSR count). The lowest BCUT2D eigenvalue weighted by molar-refractivity contribution is -0.339. The molecule has 2 fully saturated rings. The lowest BCUT2D eigenvalue weighted by atomic mass is 9.97. The first-order valence-corrected chi connectivity index (χ1v) is 15.2. The zero-order chi connectivity index (χ0) is 33.9. The number of aliphatic hydroxyl groups excluding tert-OH is 2. The Morgan fingerprint density at radius 2 is 1.13 bits per heavy atom. The number of aliphatic hydroxyl groups is 2. The number of carbonyl (C=O) groups is 3. The van der Waals surface area contributed by atoms with Gasteiger partial charge in [0.2, 0.25) is 0 Å². The Labute approximate surface area is 272 Å². The second-order valence-electron chi connectivity index (χ2n) is 11.1. The molecule has 2 aliphatic heterocycles. The largest absolute Gasteiger partial charge is 0.456 e. The van der Waals surface area contributed by atoms with Crippen LogP contribution in [0.5, 0.6) is 0 Å². The lowest BCUT2D eigenvalue weighted by Gasteiger charge is -2.46. The van der Waals surface area contributed by atoms with E-state index in [9.17, 15) is 24.6 Å². The molecule has 0 aliphatic carbocycles. The van der Waals surface area contributed by atoms with Crippen LogP contribution in [0.15, 0.2) is 60.7 Å². The maximum Gasteiger partial charge on any atom is 0.303 e. The third-order valence-electron chi connectivity index (χ3n) is 7.52. The van der Waals surface area contributed by atoms with Gasteiger partial charge in [-0.25, -0.2) is 0 Å². The predicted molar refractivity (Wildman–Crippen MR) is 160 cm³/mol. The first-order valence-electron chi connectivity index (χ1n) is 15.2. The highest BCUT2D eigenvalue weighted by atomic mass is 16.8. The van der Waals surface area contributed by atoms with E-state index >= 15 is 0 Å². The summed E-state index contributed by atoms with van der Waals surface area (Å²) in [5, 5.41) is 21.3. The van der Waals surface area contributed by atoms with Crippen LogP contribution in [0.25, 0.3) is 0 Å². The van der Waals surface area contributed by atoms with Crippen LogP contribution in [-0.4, -0.2) is 110 Å². The van der Waals surface area contributed by atoms with E-state index in [1.165, 1.54) is 7.11 Å². The molecular weight excluding hydrogens is 620 g/mol. The summed E-state index contributed by atoms with van der Waals surface area (Å²) >= 11 is 0. The van der Waals surface area contributed by atoms with Crippen molar-refractivity contribution in [2.75, 3.05) is 20.3 Å². The third-order valence-corrected chi connectivity index (χ3v) is 7.52. The Morgan fingerprint density at radius 3 is 1.64 bits per heavy atom. The van der Waals surface area contributed by atoms with E-state index < -0.39 is 85.9 Å². The standard InChI is InChI=1S/C33H42O14/c1-19(35)43-27-25(47-32(39-4)31(45-21(3)37)29(27)44-20(2)36)18-42-33-30(41-17-23-13-9-6-10-14-23)28(26(38)24(15-34)46-33)40-16-22-11-7-5-8-12-22/h5-14,24-34,38H,15-18H2,1-4H3. The van der Waals surface area contributed by atoms with Crippen LogP contribution in [0, 0.1) is 0 Å². The normalized spacial score (nSPS) is 30.7. The number of methoxy groups -OCH3 is 1. The van der Waals surface area contributed by atoms with Crippen molar-refractivity contribution in [2.45, 2.75) is 95.4 Å². The molecule has 14 nitrogen and oxygen atoms in total. The van der Waals surface area contributed by atoms with Crippen molar-refractivity contribution < 1.29 is 67.2 Å². The first kappa shape index (κ1) is 36.4. The highest BCUT2D eigenvalue weighted by Gasteiger charge is 2.53. The summed E-state index contributed by atoms with van der Waals surface area (Å²) in [6, 6.07) is 18.6. The van der Waals surface area contributed by atoms with Crippen molar-refractivity contribution in [3.8, 4) is 0 Å². The predicted octanol–water partition coefficient (Wildman–Crippen LogP) is 1.42. The van der Waals surface area contributed by atoms with Gasteiger partial charge in [-0.05, 0) is 11.1 Å². The minimum atomic E-state index is -1.32. The lowest BCUT2D eigenvalue weighted by Crippen LogP contribution is -2.64. The smallest absolute Gasteiger partial charge is 0.303 e. The highest BCUT2D eigenvalue weighted by Crippen LogP contribution is 2.32. The number of esters is 3. The number of hydrogen-bond donors (Lipinski definition) is 2. The van der Waals surface area contributed by atoms with Gasteiger partial charge >= 0.3 is 17.9 Å². The average Bonchev–Trinajstić information content (AvgIpc) is 3.05. The van der Waals surface area contributed by atoms with Crippen LogP contribution < -0.4 is 0 Å². The van der Waals surface area contributed by atoms with Gasteiger partial charge in [-0.15, -0.1) is 0 Å². The van der Waals surface area contributed by atoms with Gasteiger partial charge < -0.3 is 52.8 Å². The monoisotopic (exact) mass is 662 g/mol. The number of rotatable bonds is 14. The molecule has 258 valence electrons. The van der Waals surface area contributed by atoms with E-state index in [-0.39, 0.29) is 19.8 Å². The van der Waals surface area contributed by atoms with Crippen molar-refractivity contribution in [1.29, 1.82) is 0 Å². The molecule has 14 heteroatoms.